The first kappa shape index (κ1) is 15.7. The predicted octanol–water partition coefficient (Wildman–Crippen LogP) is 3.24. The monoisotopic (exact) mass is 342 g/mol. The zero-order valence-corrected chi connectivity index (χ0v) is 13.6. The van der Waals surface area contributed by atoms with Crippen molar-refractivity contribution >= 4 is 22.5 Å². The Morgan fingerprint density at radius 3 is 2.62 bits per heavy atom. The lowest BCUT2D eigenvalue weighted by atomic mass is 10.0. The van der Waals surface area contributed by atoms with Crippen LogP contribution in [0.3, 0.4) is 0 Å². The third kappa shape index (κ3) is 2.95. The first-order chi connectivity index (χ1) is 12.7. The molecule has 6 heteroatoms. The summed E-state index contributed by atoms with van der Waals surface area (Å²) < 4.78 is 0. The highest BCUT2D eigenvalue weighted by molar-refractivity contribution is 6.13. The molecule has 0 aliphatic heterocycles. The van der Waals surface area contributed by atoms with Gasteiger partial charge in [0.1, 0.15) is 5.69 Å². The number of aromatic amines is 1. The summed E-state index contributed by atoms with van der Waals surface area (Å²) in [6.45, 7) is 0. The van der Waals surface area contributed by atoms with Crippen LogP contribution in [0.15, 0.2) is 78.0 Å². The number of anilines is 1. The molecule has 0 radical (unpaired) electrons. The lowest BCUT2D eigenvalue weighted by Crippen LogP contribution is -2.19. The molecule has 1 amide bonds. The number of fused-ring (bicyclic) bond motifs is 1. The molecule has 0 spiro atoms. The smallest absolute Gasteiger partial charge is 0.271 e. The van der Waals surface area contributed by atoms with Crippen molar-refractivity contribution in [1.82, 2.24) is 15.0 Å². The van der Waals surface area contributed by atoms with Crippen LogP contribution in [0, 0.1) is 0 Å². The Hall–Kier alpha value is -3.80. The molecule has 2 N–H and O–H groups in total. The highest BCUT2D eigenvalue weighted by Crippen LogP contribution is 2.25. The Labute approximate surface area is 148 Å². The van der Waals surface area contributed by atoms with Gasteiger partial charge in [0.15, 0.2) is 0 Å². The molecule has 0 aliphatic carbocycles. The minimum absolute atomic E-state index is 0.198. The van der Waals surface area contributed by atoms with Gasteiger partial charge in [0.2, 0.25) is 0 Å². The van der Waals surface area contributed by atoms with Gasteiger partial charge >= 0.3 is 0 Å². The maximum Gasteiger partial charge on any atom is 0.271 e. The number of nitrogens with zero attached hydrogens (tertiary/aromatic N) is 2. The first-order valence-corrected chi connectivity index (χ1v) is 8.01. The summed E-state index contributed by atoms with van der Waals surface area (Å²) in [5.41, 5.74) is 2.52. The molecular weight excluding hydrogens is 328 g/mol. The maximum atomic E-state index is 12.9. The van der Waals surface area contributed by atoms with Gasteiger partial charge in [-0.1, -0.05) is 18.2 Å². The summed E-state index contributed by atoms with van der Waals surface area (Å²) in [7, 11) is 0. The highest BCUT2D eigenvalue weighted by atomic mass is 16.2. The highest BCUT2D eigenvalue weighted by Gasteiger charge is 2.15. The molecule has 0 saturated heterocycles. The van der Waals surface area contributed by atoms with Gasteiger partial charge in [-0.25, -0.2) is 4.98 Å². The summed E-state index contributed by atoms with van der Waals surface area (Å²) in [5, 5.41) is 3.39. The van der Waals surface area contributed by atoms with Crippen LogP contribution in [0.25, 0.3) is 22.2 Å². The topological polar surface area (TPSA) is 87.7 Å². The van der Waals surface area contributed by atoms with Crippen LogP contribution < -0.4 is 10.9 Å². The molecule has 0 aliphatic rings. The fourth-order valence-corrected chi connectivity index (χ4v) is 2.74. The zero-order chi connectivity index (χ0) is 17.9. The van der Waals surface area contributed by atoms with Crippen LogP contribution in [0.1, 0.15) is 10.4 Å². The number of H-pyrrole nitrogens is 1. The molecule has 3 aromatic heterocycles. The van der Waals surface area contributed by atoms with Crippen LogP contribution in [-0.4, -0.2) is 20.9 Å². The van der Waals surface area contributed by atoms with Gasteiger partial charge in [0.05, 0.1) is 16.8 Å². The Balaban J connectivity index is 1.84. The van der Waals surface area contributed by atoms with E-state index in [2.05, 4.69) is 20.3 Å². The van der Waals surface area contributed by atoms with Crippen LogP contribution in [0.5, 0.6) is 0 Å². The average Bonchev–Trinajstić information content (AvgIpc) is 2.69. The lowest BCUT2D eigenvalue weighted by molar-refractivity contribution is 0.102. The molecule has 126 valence electrons. The molecule has 26 heavy (non-hydrogen) atoms. The van der Waals surface area contributed by atoms with Crippen molar-refractivity contribution in [2.45, 2.75) is 0 Å². The molecule has 0 fully saturated rings. The number of rotatable bonds is 3. The predicted molar refractivity (Wildman–Crippen MR) is 100.0 cm³/mol. The van der Waals surface area contributed by atoms with Crippen LogP contribution in [0.2, 0.25) is 0 Å². The molecule has 6 nitrogen and oxygen atoms in total. The van der Waals surface area contributed by atoms with Crippen molar-refractivity contribution in [3.8, 4) is 11.3 Å². The molecule has 4 rings (SSSR count). The number of hydrogen-bond acceptors (Lipinski definition) is 4. The van der Waals surface area contributed by atoms with Gasteiger partial charge in [-0.05, 0) is 36.4 Å². The van der Waals surface area contributed by atoms with E-state index in [4.69, 9.17) is 0 Å². The molecule has 0 bridgehead atoms. The van der Waals surface area contributed by atoms with E-state index in [-0.39, 0.29) is 17.2 Å². The number of pyridine rings is 3. The Morgan fingerprint density at radius 1 is 1.00 bits per heavy atom. The summed E-state index contributed by atoms with van der Waals surface area (Å²) in [6, 6.07) is 16.0. The lowest BCUT2D eigenvalue weighted by Gasteiger charge is -2.10. The maximum absolute atomic E-state index is 12.9. The largest absolute Gasteiger partial charge is 0.327 e. The average molecular weight is 342 g/mol. The van der Waals surface area contributed by atoms with E-state index >= 15 is 0 Å². The normalized spacial score (nSPS) is 10.6. The second-order valence-electron chi connectivity index (χ2n) is 5.68. The van der Waals surface area contributed by atoms with Gasteiger partial charge in [0, 0.05) is 29.5 Å². The molecular formula is C20H14N4O2. The van der Waals surface area contributed by atoms with Gasteiger partial charge in [-0.2, -0.15) is 0 Å². The van der Waals surface area contributed by atoms with E-state index in [1.807, 2.05) is 36.4 Å². The molecule has 0 saturated carbocycles. The van der Waals surface area contributed by atoms with E-state index in [1.54, 1.807) is 30.6 Å². The number of para-hydroxylation sites is 1. The van der Waals surface area contributed by atoms with E-state index in [0.717, 1.165) is 10.9 Å². The number of carbonyl (C=O) groups is 1. The van der Waals surface area contributed by atoms with E-state index in [1.165, 1.54) is 6.20 Å². The van der Waals surface area contributed by atoms with Crippen LogP contribution in [-0.2, 0) is 0 Å². The molecule has 1 aromatic carbocycles. The Morgan fingerprint density at radius 2 is 1.81 bits per heavy atom. The SMILES string of the molecule is O=C(Nc1ccc[nH]c1=O)c1cc(-c2ccncc2)nc2ccccc12. The quantitative estimate of drug-likeness (QED) is 0.598. The number of amides is 1. The van der Waals surface area contributed by atoms with Gasteiger partial charge in [-0.3, -0.25) is 14.6 Å². The number of nitrogens with one attached hydrogen (secondary N) is 2. The number of aromatic nitrogens is 3. The third-order valence-corrected chi connectivity index (χ3v) is 4.00. The fourth-order valence-electron chi connectivity index (χ4n) is 2.74. The number of benzene rings is 1. The van der Waals surface area contributed by atoms with Crippen molar-refractivity contribution in [3.05, 3.63) is 89.1 Å². The molecule has 3 heterocycles. The summed E-state index contributed by atoms with van der Waals surface area (Å²) in [5.74, 6) is -0.365. The Kier molecular flexibility index (Phi) is 3.99. The van der Waals surface area contributed by atoms with Gasteiger partial charge in [-0.15, -0.1) is 0 Å². The summed E-state index contributed by atoms with van der Waals surface area (Å²) >= 11 is 0. The van der Waals surface area contributed by atoms with Crippen molar-refractivity contribution in [3.63, 3.8) is 0 Å². The van der Waals surface area contributed by atoms with Crippen LogP contribution in [0.4, 0.5) is 5.69 Å². The zero-order valence-electron chi connectivity index (χ0n) is 13.6. The van der Waals surface area contributed by atoms with Crippen molar-refractivity contribution in [1.29, 1.82) is 0 Å². The van der Waals surface area contributed by atoms with Crippen molar-refractivity contribution in [2.75, 3.05) is 5.32 Å². The molecule has 0 unspecified atom stereocenters. The minimum Gasteiger partial charge on any atom is -0.327 e. The second-order valence-corrected chi connectivity index (χ2v) is 5.68. The molecule has 4 aromatic rings. The van der Waals surface area contributed by atoms with E-state index in [0.29, 0.717) is 16.8 Å². The van der Waals surface area contributed by atoms with Crippen LogP contribution >= 0.6 is 0 Å². The second kappa shape index (κ2) is 6.60. The van der Waals surface area contributed by atoms with Crippen molar-refractivity contribution in [2.24, 2.45) is 0 Å². The first-order valence-electron chi connectivity index (χ1n) is 8.01. The minimum atomic E-state index is -0.365. The van der Waals surface area contributed by atoms with Gasteiger partial charge < -0.3 is 10.3 Å². The Bertz CT molecular complexity index is 1150. The summed E-state index contributed by atoms with van der Waals surface area (Å²) in [6.07, 6.45) is 4.87. The number of carbonyl (C=O) groups excluding carboxylic acids is 1. The van der Waals surface area contributed by atoms with Gasteiger partial charge in [0.25, 0.3) is 11.5 Å². The van der Waals surface area contributed by atoms with Crippen molar-refractivity contribution < 1.29 is 4.79 Å². The van der Waals surface area contributed by atoms with E-state index in [9.17, 15) is 9.59 Å². The number of hydrogen-bond donors (Lipinski definition) is 2. The fraction of sp³-hybridized carbons (Fsp3) is 0. The summed E-state index contributed by atoms with van der Waals surface area (Å²) in [4.78, 5) is 35.9. The molecule has 0 atom stereocenters. The third-order valence-electron chi connectivity index (χ3n) is 4.00. The standard InChI is InChI=1S/C20H14N4O2/c25-19(24-17-6-3-9-22-20(17)26)15-12-18(13-7-10-21-11-8-13)23-16-5-2-1-4-14(15)16/h1-12H,(H,22,26)(H,24,25). The van der Waals surface area contributed by atoms with E-state index < -0.39 is 0 Å².